The summed E-state index contributed by atoms with van der Waals surface area (Å²) in [6.07, 6.45) is -1.08. The lowest BCUT2D eigenvalue weighted by Gasteiger charge is -2.28. The van der Waals surface area contributed by atoms with Crippen LogP contribution in [0.25, 0.3) is 22.4 Å². The number of aliphatic hydroxyl groups excluding tert-OH is 1. The Morgan fingerprint density at radius 1 is 1.13 bits per heavy atom. The number of hydrogen-bond donors (Lipinski definition) is 3. The molecular weight excluding hydrogens is 506 g/mol. The number of aromatic nitrogens is 3. The minimum Gasteiger partial charge on any atom is -0.426 e. The van der Waals surface area contributed by atoms with Crippen molar-refractivity contribution in [1.82, 2.24) is 20.3 Å². The van der Waals surface area contributed by atoms with Gasteiger partial charge in [0.15, 0.2) is 5.65 Å². The Morgan fingerprint density at radius 3 is 2.47 bits per heavy atom. The summed E-state index contributed by atoms with van der Waals surface area (Å²) in [6.45, 7) is 8.39. The zero-order valence-corrected chi connectivity index (χ0v) is 22.2. The minimum absolute atomic E-state index is 0.290. The second-order valence-corrected chi connectivity index (χ2v) is 10.2. The van der Waals surface area contributed by atoms with Gasteiger partial charge in [0.2, 0.25) is 5.91 Å². The molecule has 3 N–H and O–H groups in total. The molecule has 0 saturated carbocycles. The quantitative estimate of drug-likeness (QED) is 0.316. The van der Waals surface area contributed by atoms with Gasteiger partial charge in [-0.25, -0.2) is 4.98 Å². The second kappa shape index (κ2) is 10.6. The van der Waals surface area contributed by atoms with Gasteiger partial charge in [-0.3, -0.25) is 4.79 Å². The average Bonchev–Trinajstić information content (AvgIpc) is 3.29. The highest BCUT2D eigenvalue weighted by atomic mass is 35.5. The summed E-state index contributed by atoms with van der Waals surface area (Å²) in [5.41, 5.74) is 4.05. The van der Waals surface area contributed by atoms with E-state index in [1.54, 1.807) is 18.2 Å². The molecule has 38 heavy (non-hydrogen) atoms. The molecule has 1 aliphatic heterocycles. The smallest absolute Gasteiger partial charge is 0.301 e. The van der Waals surface area contributed by atoms with Gasteiger partial charge in [0.25, 0.3) is 0 Å². The van der Waals surface area contributed by atoms with Gasteiger partial charge in [-0.15, -0.1) is 0 Å². The number of carbonyl (C=O) groups excluding carboxylic acids is 1. The highest BCUT2D eigenvalue weighted by molar-refractivity contribution is 6.33. The molecule has 9 nitrogen and oxygen atoms in total. The van der Waals surface area contributed by atoms with E-state index < -0.39 is 17.6 Å². The Hall–Kier alpha value is -3.66. The highest BCUT2D eigenvalue weighted by Gasteiger charge is 2.25. The molecule has 4 aromatic rings. The van der Waals surface area contributed by atoms with Crippen molar-refractivity contribution in [2.24, 2.45) is 0 Å². The lowest BCUT2D eigenvalue weighted by atomic mass is 9.94. The van der Waals surface area contributed by atoms with Crippen molar-refractivity contribution in [3.05, 3.63) is 65.2 Å². The number of benzene rings is 2. The number of ether oxygens (including phenoxy) is 2. The van der Waals surface area contributed by atoms with Crippen molar-refractivity contribution < 1.29 is 19.4 Å². The molecule has 0 aliphatic carbocycles. The summed E-state index contributed by atoms with van der Waals surface area (Å²) in [5.74, 6) is 0.131. The van der Waals surface area contributed by atoms with Crippen molar-refractivity contribution >= 4 is 34.4 Å². The molecule has 1 saturated heterocycles. The molecular formula is C28H30ClN5O4. The van der Waals surface area contributed by atoms with Crippen molar-refractivity contribution in [3.63, 3.8) is 0 Å². The molecule has 10 heteroatoms. The number of carbonyl (C=O) groups is 1. The Bertz CT molecular complexity index is 1430. The van der Waals surface area contributed by atoms with Crippen molar-refractivity contribution in [1.29, 1.82) is 0 Å². The molecule has 0 spiro atoms. The van der Waals surface area contributed by atoms with Gasteiger partial charge in [0.1, 0.15) is 11.9 Å². The highest BCUT2D eigenvalue weighted by Crippen LogP contribution is 2.32. The van der Waals surface area contributed by atoms with Gasteiger partial charge < -0.3 is 29.8 Å². The van der Waals surface area contributed by atoms with Gasteiger partial charge in [0.05, 0.1) is 35.0 Å². The van der Waals surface area contributed by atoms with E-state index in [0.717, 1.165) is 43.1 Å². The first-order valence-corrected chi connectivity index (χ1v) is 12.9. The van der Waals surface area contributed by atoms with Crippen LogP contribution in [0.3, 0.4) is 0 Å². The molecule has 2 aromatic heterocycles. The minimum atomic E-state index is -1.08. The van der Waals surface area contributed by atoms with Crippen LogP contribution in [-0.4, -0.2) is 58.4 Å². The van der Waals surface area contributed by atoms with Gasteiger partial charge in [-0.2, -0.15) is 4.98 Å². The predicted molar refractivity (Wildman–Crippen MR) is 147 cm³/mol. The van der Waals surface area contributed by atoms with E-state index in [-0.39, 0.29) is 6.01 Å². The molecule has 0 radical (unpaired) electrons. The number of imidazole rings is 1. The normalized spacial score (nSPS) is 14.9. The molecule has 3 heterocycles. The number of nitrogens with one attached hydrogen (secondary N) is 2. The number of nitrogens with zero attached hydrogens (tertiary/aromatic N) is 3. The summed E-state index contributed by atoms with van der Waals surface area (Å²) in [6, 6.07) is 17.6. The number of fused-ring (bicyclic) bond motifs is 1. The number of morpholine rings is 1. The van der Waals surface area contributed by atoms with Crippen LogP contribution in [0, 0.1) is 0 Å². The Balaban J connectivity index is 1.32. The van der Waals surface area contributed by atoms with Crippen LogP contribution in [0.15, 0.2) is 54.6 Å². The second-order valence-electron chi connectivity index (χ2n) is 9.79. The number of anilines is 1. The maximum atomic E-state index is 11.9. The predicted octanol–water partition coefficient (Wildman–Crippen LogP) is 4.64. The number of hydrogen-bond acceptors (Lipinski definition) is 7. The lowest BCUT2D eigenvalue weighted by molar-refractivity contribution is -0.130. The topological polar surface area (TPSA) is 113 Å². The fourth-order valence-corrected chi connectivity index (χ4v) is 4.59. The van der Waals surface area contributed by atoms with E-state index in [9.17, 15) is 9.90 Å². The number of aromatic amines is 1. The molecule has 1 amide bonds. The van der Waals surface area contributed by atoms with E-state index in [2.05, 4.69) is 37.3 Å². The first-order chi connectivity index (χ1) is 18.2. The number of amides is 1. The zero-order chi connectivity index (χ0) is 26.9. The average molecular weight is 536 g/mol. The third-order valence-corrected chi connectivity index (χ3v) is 6.82. The monoisotopic (exact) mass is 535 g/mol. The SMILES string of the molecule is CC(O)C(=O)NC(C)(C)c1ccc(Oc2nc3nc(-c4ccc(N5CCOCC5)cc4)c(Cl)cc3[nH]2)cc1. The summed E-state index contributed by atoms with van der Waals surface area (Å²) in [7, 11) is 0. The van der Waals surface area contributed by atoms with Crippen LogP contribution >= 0.6 is 11.6 Å². The van der Waals surface area contributed by atoms with Gasteiger partial charge >= 0.3 is 6.01 Å². The number of rotatable bonds is 7. The summed E-state index contributed by atoms with van der Waals surface area (Å²) >= 11 is 6.59. The van der Waals surface area contributed by atoms with E-state index in [1.165, 1.54) is 6.92 Å². The van der Waals surface area contributed by atoms with Crippen LogP contribution < -0.4 is 15.0 Å². The molecule has 0 bridgehead atoms. The fourth-order valence-electron chi connectivity index (χ4n) is 4.33. The Morgan fingerprint density at radius 2 is 1.82 bits per heavy atom. The molecule has 1 fully saturated rings. The molecule has 5 rings (SSSR count). The van der Waals surface area contributed by atoms with Crippen molar-refractivity contribution in [2.75, 3.05) is 31.2 Å². The number of H-pyrrole nitrogens is 1. The maximum Gasteiger partial charge on any atom is 0.301 e. The largest absolute Gasteiger partial charge is 0.426 e. The van der Waals surface area contributed by atoms with Crippen molar-refractivity contribution in [3.8, 4) is 23.0 Å². The van der Waals surface area contributed by atoms with Crippen LogP contribution in [0.4, 0.5) is 5.69 Å². The third-order valence-electron chi connectivity index (χ3n) is 6.53. The van der Waals surface area contributed by atoms with Crippen LogP contribution in [-0.2, 0) is 15.1 Å². The molecule has 1 unspecified atom stereocenters. The summed E-state index contributed by atoms with van der Waals surface area (Å²) < 4.78 is 11.4. The standard InChI is InChI=1S/C28H30ClN5O4/c1-17(35)26(36)33-28(2,3)19-6-10-21(11-7-19)38-27-30-23-16-22(29)24(31-25(23)32-27)18-4-8-20(9-5-18)34-12-14-37-15-13-34/h4-11,16-17,35H,12-15H2,1-3H3,(H,33,36)(H,30,31,32). The fraction of sp³-hybridized carbons (Fsp3) is 0.321. The first kappa shape index (κ1) is 26.0. The lowest BCUT2D eigenvalue weighted by Crippen LogP contribution is -2.45. The van der Waals surface area contributed by atoms with Crippen molar-refractivity contribution in [2.45, 2.75) is 32.4 Å². The number of aliphatic hydroxyl groups is 1. The van der Waals surface area contributed by atoms with E-state index in [0.29, 0.717) is 27.6 Å². The molecule has 2 aromatic carbocycles. The summed E-state index contributed by atoms with van der Waals surface area (Å²) in [4.78, 5) is 26.5. The van der Waals surface area contributed by atoms with Crippen LogP contribution in [0.5, 0.6) is 11.8 Å². The van der Waals surface area contributed by atoms with Gasteiger partial charge in [0, 0.05) is 24.3 Å². The Kier molecular flexibility index (Phi) is 7.25. The number of halogens is 1. The van der Waals surface area contributed by atoms with Gasteiger partial charge in [-0.1, -0.05) is 35.9 Å². The zero-order valence-electron chi connectivity index (χ0n) is 21.5. The first-order valence-electron chi connectivity index (χ1n) is 12.5. The van der Waals surface area contributed by atoms with E-state index in [1.807, 2.05) is 38.1 Å². The molecule has 1 aliphatic rings. The Labute approximate surface area is 225 Å². The van der Waals surface area contributed by atoms with Gasteiger partial charge in [-0.05, 0) is 56.7 Å². The number of pyridine rings is 1. The van der Waals surface area contributed by atoms with Crippen LogP contribution in [0.1, 0.15) is 26.3 Å². The maximum absolute atomic E-state index is 11.9. The molecule has 1 atom stereocenters. The van der Waals surface area contributed by atoms with E-state index >= 15 is 0 Å². The third kappa shape index (κ3) is 5.60. The van der Waals surface area contributed by atoms with E-state index in [4.69, 9.17) is 21.1 Å². The summed E-state index contributed by atoms with van der Waals surface area (Å²) in [5, 5.41) is 12.8. The molecule has 198 valence electrons. The van der Waals surface area contributed by atoms with Crippen LogP contribution in [0.2, 0.25) is 5.02 Å².